The van der Waals surface area contributed by atoms with Crippen molar-refractivity contribution in [3.8, 4) is 5.75 Å². The van der Waals surface area contributed by atoms with Crippen molar-refractivity contribution in [3.05, 3.63) is 46.7 Å². The van der Waals surface area contributed by atoms with Crippen LogP contribution in [0.1, 0.15) is 18.2 Å². The molecule has 0 radical (unpaired) electrons. The predicted molar refractivity (Wildman–Crippen MR) is 110 cm³/mol. The molecule has 0 aliphatic carbocycles. The molecule has 9 heteroatoms. The molecule has 1 atom stereocenters. The van der Waals surface area contributed by atoms with Crippen molar-refractivity contribution >= 4 is 51.5 Å². The van der Waals surface area contributed by atoms with Crippen molar-refractivity contribution < 1.29 is 14.3 Å². The molecule has 7 nitrogen and oxygen atoms in total. The molecule has 27 heavy (non-hydrogen) atoms. The van der Waals surface area contributed by atoms with Crippen LogP contribution in [0, 0.1) is 0 Å². The Morgan fingerprint density at radius 3 is 2.74 bits per heavy atom. The highest BCUT2D eigenvalue weighted by Gasteiger charge is 2.30. The number of amidine groups is 1. The van der Waals surface area contributed by atoms with Crippen LogP contribution in [-0.4, -0.2) is 35.1 Å². The topological polar surface area (TPSA) is 92.1 Å². The normalized spacial score (nSPS) is 18.9. The molecule has 2 amide bonds. The minimum absolute atomic E-state index is 0.0826. The number of carbonyl (C=O) groups is 2. The van der Waals surface area contributed by atoms with Crippen molar-refractivity contribution in [2.75, 3.05) is 12.4 Å². The second-order valence-electron chi connectivity index (χ2n) is 5.64. The van der Waals surface area contributed by atoms with Gasteiger partial charge < -0.3 is 15.4 Å². The van der Waals surface area contributed by atoms with Crippen LogP contribution in [0.25, 0.3) is 0 Å². The number of hydrogen-bond donors (Lipinski definition) is 2. The quantitative estimate of drug-likeness (QED) is 0.594. The van der Waals surface area contributed by atoms with Gasteiger partial charge in [0.2, 0.25) is 11.8 Å². The molecule has 1 saturated heterocycles. The van der Waals surface area contributed by atoms with E-state index < -0.39 is 5.25 Å². The van der Waals surface area contributed by atoms with Crippen LogP contribution < -0.4 is 15.4 Å². The summed E-state index contributed by atoms with van der Waals surface area (Å²) in [7, 11) is 1.58. The van der Waals surface area contributed by atoms with Gasteiger partial charge in [0.25, 0.3) is 0 Å². The SMILES string of the molecule is COc1ccc(NC(=O)C2CC(=O)NC(=NN=C(C)c3cccs3)S2)cc1. The van der Waals surface area contributed by atoms with Gasteiger partial charge in [-0.2, -0.15) is 5.10 Å². The third-order valence-corrected chi connectivity index (χ3v) is 5.74. The van der Waals surface area contributed by atoms with Crippen LogP contribution in [0.15, 0.2) is 52.0 Å². The number of benzene rings is 1. The molecule has 140 valence electrons. The summed E-state index contributed by atoms with van der Waals surface area (Å²) in [6.07, 6.45) is 0.0826. The van der Waals surface area contributed by atoms with E-state index >= 15 is 0 Å². The smallest absolute Gasteiger partial charge is 0.238 e. The van der Waals surface area contributed by atoms with E-state index in [1.165, 1.54) is 11.8 Å². The minimum Gasteiger partial charge on any atom is -0.497 e. The Balaban J connectivity index is 1.66. The van der Waals surface area contributed by atoms with Crippen molar-refractivity contribution in [2.45, 2.75) is 18.6 Å². The maximum Gasteiger partial charge on any atom is 0.238 e. The number of thiophene rings is 1. The molecule has 3 rings (SSSR count). The zero-order valence-electron chi connectivity index (χ0n) is 14.8. The summed E-state index contributed by atoms with van der Waals surface area (Å²) in [5.74, 6) is 0.186. The summed E-state index contributed by atoms with van der Waals surface area (Å²) < 4.78 is 5.09. The van der Waals surface area contributed by atoms with Gasteiger partial charge in [0, 0.05) is 12.1 Å². The molecular weight excluding hydrogens is 384 g/mol. The summed E-state index contributed by atoms with van der Waals surface area (Å²) in [4.78, 5) is 25.5. The van der Waals surface area contributed by atoms with E-state index in [9.17, 15) is 9.59 Å². The average molecular weight is 403 g/mol. The first-order valence-electron chi connectivity index (χ1n) is 8.12. The molecule has 0 saturated carbocycles. The second-order valence-corrected chi connectivity index (χ2v) is 7.78. The Labute approximate surface area is 164 Å². The van der Waals surface area contributed by atoms with E-state index in [-0.39, 0.29) is 18.2 Å². The van der Waals surface area contributed by atoms with Gasteiger partial charge >= 0.3 is 0 Å². The zero-order chi connectivity index (χ0) is 19.2. The maximum atomic E-state index is 12.5. The number of amides is 2. The fourth-order valence-corrected chi connectivity index (χ4v) is 3.89. The molecule has 2 aromatic rings. The van der Waals surface area contributed by atoms with Gasteiger partial charge in [0.1, 0.15) is 11.0 Å². The van der Waals surface area contributed by atoms with Gasteiger partial charge in [-0.15, -0.1) is 16.4 Å². The van der Waals surface area contributed by atoms with Crippen molar-refractivity contribution in [1.29, 1.82) is 0 Å². The van der Waals surface area contributed by atoms with Crippen LogP contribution in [0.4, 0.5) is 5.69 Å². The van der Waals surface area contributed by atoms with E-state index in [2.05, 4.69) is 20.8 Å². The Morgan fingerprint density at radius 2 is 2.07 bits per heavy atom. The van der Waals surface area contributed by atoms with E-state index in [4.69, 9.17) is 4.74 Å². The molecule has 2 N–H and O–H groups in total. The Hall–Kier alpha value is -2.65. The Morgan fingerprint density at radius 1 is 1.30 bits per heavy atom. The predicted octanol–water partition coefficient (Wildman–Crippen LogP) is 3.10. The van der Waals surface area contributed by atoms with Crippen molar-refractivity contribution in [2.24, 2.45) is 10.2 Å². The van der Waals surface area contributed by atoms with Crippen molar-refractivity contribution in [1.82, 2.24) is 5.32 Å². The molecule has 1 aliphatic heterocycles. The molecule has 0 spiro atoms. The number of carbonyl (C=O) groups excluding carboxylic acids is 2. The first-order valence-corrected chi connectivity index (χ1v) is 9.88. The van der Waals surface area contributed by atoms with Crippen LogP contribution >= 0.6 is 23.1 Å². The van der Waals surface area contributed by atoms with Gasteiger partial charge in [-0.1, -0.05) is 17.8 Å². The minimum atomic E-state index is -0.572. The largest absolute Gasteiger partial charge is 0.497 e. The van der Waals surface area contributed by atoms with E-state index in [1.54, 1.807) is 42.7 Å². The lowest BCUT2D eigenvalue weighted by atomic mass is 10.2. The Bertz CT molecular complexity index is 877. The third kappa shape index (κ3) is 5.18. The fourth-order valence-electron chi connectivity index (χ4n) is 2.29. The van der Waals surface area contributed by atoms with Gasteiger partial charge in [0.15, 0.2) is 5.17 Å². The van der Waals surface area contributed by atoms with E-state index in [0.29, 0.717) is 16.6 Å². The second kappa shape index (κ2) is 8.83. The number of thioether (sulfide) groups is 1. The molecule has 0 bridgehead atoms. The Kier molecular flexibility index (Phi) is 6.25. The highest BCUT2D eigenvalue weighted by molar-refractivity contribution is 8.15. The average Bonchev–Trinajstić information content (AvgIpc) is 3.21. The van der Waals surface area contributed by atoms with Crippen LogP contribution in [0.2, 0.25) is 0 Å². The summed E-state index contributed by atoms with van der Waals surface area (Å²) in [5, 5.41) is 15.4. The molecule has 1 unspecified atom stereocenters. The van der Waals surface area contributed by atoms with Gasteiger partial charge in [-0.3, -0.25) is 9.59 Å². The molecule has 2 heterocycles. The monoisotopic (exact) mass is 402 g/mol. The standard InChI is InChI=1S/C18H18N4O3S2/c1-11(14-4-3-9-26-14)21-22-18-20-16(23)10-15(27-18)17(24)19-12-5-7-13(25-2)8-6-12/h3-9,15H,10H2,1-2H3,(H,19,24)(H,20,22,23). The highest BCUT2D eigenvalue weighted by atomic mass is 32.2. The number of hydrogen-bond acceptors (Lipinski definition) is 7. The first kappa shape index (κ1) is 19.1. The lowest BCUT2D eigenvalue weighted by Crippen LogP contribution is -2.41. The number of nitrogens with zero attached hydrogens (tertiary/aromatic N) is 2. The fraction of sp³-hybridized carbons (Fsp3) is 0.222. The van der Waals surface area contributed by atoms with Gasteiger partial charge in [0.05, 0.1) is 17.7 Å². The van der Waals surface area contributed by atoms with Crippen LogP contribution in [-0.2, 0) is 9.59 Å². The third-order valence-electron chi connectivity index (χ3n) is 3.69. The maximum absolute atomic E-state index is 12.5. The molecule has 1 fully saturated rings. The summed E-state index contributed by atoms with van der Waals surface area (Å²) in [6, 6.07) is 10.9. The van der Waals surface area contributed by atoms with Crippen LogP contribution in [0.3, 0.4) is 0 Å². The molecule has 1 aliphatic rings. The van der Waals surface area contributed by atoms with Gasteiger partial charge in [-0.05, 0) is 42.6 Å². The zero-order valence-corrected chi connectivity index (χ0v) is 16.4. The number of methoxy groups -OCH3 is 1. The number of ether oxygens (including phenoxy) is 1. The molecule has 1 aromatic heterocycles. The number of anilines is 1. The van der Waals surface area contributed by atoms with Crippen LogP contribution in [0.5, 0.6) is 5.75 Å². The van der Waals surface area contributed by atoms with Crippen molar-refractivity contribution in [3.63, 3.8) is 0 Å². The first-order chi connectivity index (χ1) is 13.0. The highest BCUT2D eigenvalue weighted by Crippen LogP contribution is 2.23. The molecule has 1 aromatic carbocycles. The van der Waals surface area contributed by atoms with Gasteiger partial charge in [-0.25, -0.2) is 0 Å². The van der Waals surface area contributed by atoms with E-state index in [1.807, 2.05) is 24.4 Å². The lowest BCUT2D eigenvalue weighted by Gasteiger charge is -2.21. The number of nitrogens with one attached hydrogen (secondary N) is 2. The summed E-state index contributed by atoms with van der Waals surface area (Å²) >= 11 is 2.75. The van der Waals surface area contributed by atoms with E-state index in [0.717, 1.165) is 10.6 Å². The number of rotatable bonds is 5. The lowest BCUT2D eigenvalue weighted by molar-refractivity contribution is -0.123. The summed E-state index contributed by atoms with van der Waals surface area (Å²) in [5.41, 5.74) is 1.38. The summed E-state index contributed by atoms with van der Waals surface area (Å²) in [6.45, 7) is 1.85. The molecular formula is C18H18N4O3S2.